The van der Waals surface area contributed by atoms with E-state index >= 15 is 0 Å². The van der Waals surface area contributed by atoms with Gasteiger partial charge in [0.05, 0.1) is 12.7 Å². The molecule has 0 saturated carbocycles. The van der Waals surface area contributed by atoms with Crippen LogP contribution in [0.25, 0.3) is 0 Å². The van der Waals surface area contributed by atoms with E-state index in [0.717, 1.165) is 22.1 Å². The number of carbonyl (C=O) groups excluding carboxylic acids is 1. The molecule has 114 valence electrons. The zero-order valence-electron chi connectivity index (χ0n) is 12.3. The highest BCUT2D eigenvalue weighted by atomic mass is 79.9. The number of halogens is 2. The fourth-order valence-corrected chi connectivity index (χ4v) is 3.47. The van der Waals surface area contributed by atoms with Crippen LogP contribution >= 0.6 is 27.5 Å². The van der Waals surface area contributed by atoms with Gasteiger partial charge in [0.15, 0.2) is 0 Å². The predicted octanol–water partition coefficient (Wildman–Crippen LogP) is 4.70. The van der Waals surface area contributed by atoms with Crippen molar-refractivity contribution in [3.05, 3.63) is 57.0 Å². The van der Waals surface area contributed by atoms with Crippen molar-refractivity contribution in [2.75, 3.05) is 12.0 Å². The van der Waals surface area contributed by atoms with Gasteiger partial charge in [0.25, 0.3) is 5.91 Å². The first kappa shape index (κ1) is 15.4. The van der Waals surface area contributed by atoms with Crippen LogP contribution < -0.4 is 9.64 Å². The van der Waals surface area contributed by atoms with Crippen LogP contribution in [0.2, 0.25) is 5.02 Å². The number of methoxy groups -OCH3 is 1. The number of ether oxygens (including phenoxy) is 1. The number of fused-ring (bicyclic) bond motifs is 1. The highest BCUT2D eigenvalue weighted by Crippen LogP contribution is 2.36. The van der Waals surface area contributed by atoms with Gasteiger partial charge in [0.1, 0.15) is 5.75 Å². The molecule has 1 aliphatic heterocycles. The molecule has 0 spiro atoms. The number of hydrogen-bond acceptors (Lipinski definition) is 2. The molecule has 22 heavy (non-hydrogen) atoms. The smallest absolute Gasteiger partial charge is 0.262 e. The van der Waals surface area contributed by atoms with Gasteiger partial charge in [0, 0.05) is 21.2 Å². The highest BCUT2D eigenvalue weighted by molar-refractivity contribution is 9.10. The lowest BCUT2D eigenvalue weighted by molar-refractivity contribution is 0.0978. The summed E-state index contributed by atoms with van der Waals surface area (Å²) in [5.41, 5.74) is 2.59. The minimum Gasteiger partial charge on any atom is -0.496 e. The van der Waals surface area contributed by atoms with Crippen molar-refractivity contribution in [3.8, 4) is 5.75 Å². The summed E-state index contributed by atoms with van der Waals surface area (Å²) in [6.07, 6.45) is 0.837. The number of carbonyl (C=O) groups is 1. The highest BCUT2D eigenvalue weighted by Gasteiger charge is 2.32. The Hall–Kier alpha value is -1.52. The fraction of sp³-hybridized carbons (Fsp3) is 0.235. The molecular weight excluding hydrogens is 366 g/mol. The molecule has 1 amide bonds. The first-order chi connectivity index (χ1) is 10.5. The van der Waals surface area contributed by atoms with E-state index in [4.69, 9.17) is 16.3 Å². The van der Waals surface area contributed by atoms with E-state index in [1.807, 2.05) is 24.0 Å². The molecule has 3 nitrogen and oxygen atoms in total. The van der Waals surface area contributed by atoms with E-state index in [-0.39, 0.29) is 11.9 Å². The maximum Gasteiger partial charge on any atom is 0.262 e. The van der Waals surface area contributed by atoms with E-state index in [1.165, 1.54) is 0 Å². The van der Waals surface area contributed by atoms with Crippen LogP contribution in [-0.4, -0.2) is 19.1 Å². The third-order valence-corrected chi connectivity index (χ3v) is 4.60. The Morgan fingerprint density at radius 1 is 1.32 bits per heavy atom. The quantitative estimate of drug-likeness (QED) is 0.755. The Bertz CT molecular complexity index is 747. The van der Waals surface area contributed by atoms with Gasteiger partial charge >= 0.3 is 0 Å². The molecule has 2 aromatic carbocycles. The number of amides is 1. The zero-order valence-corrected chi connectivity index (χ0v) is 14.6. The summed E-state index contributed by atoms with van der Waals surface area (Å²) in [7, 11) is 1.55. The summed E-state index contributed by atoms with van der Waals surface area (Å²) in [6.45, 7) is 2.04. The molecule has 2 aromatic rings. The maximum absolute atomic E-state index is 13.0. The van der Waals surface area contributed by atoms with Gasteiger partial charge in [-0.25, -0.2) is 0 Å². The molecule has 0 aromatic heterocycles. The molecular formula is C17H15BrClNO2. The van der Waals surface area contributed by atoms with Gasteiger partial charge in [-0.2, -0.15) is 0 Å². The van der Waals surface area contributed by atoms with Crippen molar-refractivity contribution < 1.29 is 9.53 Å². The minimum absolute atomic E-state index is 0.0899. The predicted molar refractivity (Wildman–Crippen MR) is 92.1 cm³/mol. The third-order valence-electron chi connectivity index (χ3n) is 3.87. The van der Waals surface area contributed by atoms with Crippen molar-refractivity contribution in [2.45, 2.75) is 19.4 Å². The van der Waals surface area contributed by atoms with E-state index < -0.39 is 0 Å². The Morgan fingerprint density at radius 3 is 2.82 bits per heavy atom. The summed E-state index contributed by atoms with van der Waals surface area (Å²) in [5, 5.41) is 0.520. The van der Waals surface area contributed by atoms with Crippen molar-refractivity contribution in [3.63, 3.8) is 0 Å². The van der Waals surface area contributed by atoms with Crippen molar-refractivity contribution in [1.82, 2.24) is 0 Å². The zero-order chi connectivity index (χ0) is 15.9. The molecule has 1 atom stereocenters. The van der Waals surface area contributed by atoms with Crippen molar-refractivity contribution >= 4 is 39.1 Å². The van der Waals surface area contributed by atoms with Gasteiger partial charge in [0.2, 0.25) is 0 Å². The lowest BCUT2D eigenvalue weighted by atomic mass is 10.1. The van der Waals surface area contributed by atoms with Crippen LogP contribution in [0.1, 0.15) is 22.8 Å². The maximum atomic E-state index is 13.0. The van der Waals surface area contributed by atoms with Gasteiger partial charge in [-0.05, 0) is 55.3 Å². The first-order valence-electron chi connectivity index (χ1n) is 6.97. The average Bonchev–Trinajstić information content (AvgIpc) is 2.81. The monoisotopic (exact) mass is 379 g/mol. The molecule has 0 fully saturated rings. The van der Waals surface area contributed by atoms with Crippen LogP contribution in [0.3, 0.4) is 0 Å². The minimum atomic E-state index is -0.0899. The molecule has 0 aliphatic carbocycles. The molecule has 5 heteroatoms. The van der Waals surface area contributed by atoms with Gasteiger partial charge in [-0.3, -0.25) is 4.79 Å². The van der Waals surface area contributed by atoms with E-state index in [2.05, 4.69) is 22.0 Å². The Kier molecular flexibility index (Phi) is 4.15. The number of nitrogens with zero attached hydrogens (tertiary/aromatic N) is 1. The number of rotatable bonds is 2. The van der Waals surface area contributed by atoms with E-state index in [1.54, 1.807) is 25.3 Å². The Balaban J connectivity index is 2.05. The second kappa shape index (κ2) is 5.94. The standard InChI is InChI=1S/C17H15BrClNO2/c1-10-7-11-8-12(18)3-5-15(11)20(10)17(21)14-9-13(19)4-6-16(14)22-2/h3-6,8-10H,7H2,1-2H3/t10-/m1/s1. The Morgan fingerprint density at radius 2 is 2.09 bits per heavy atom. The van der Waals surface area contributed by atoms with Crippen molar-refractivity contribution in [2.24, 2.45) is 0 Å². The Labute approximate surface area is 143 Å². The number of hydrogen-bond donors (Lipinski definition) is 0. The van der Waals surface area contributed by atoms with Crippen molar-refractivity contribution in [1.29, 1.82) is 0 Å². The second-order valence-corrected chi connectivity index (χ2v) is 6.70. The third kappa shape index (κ3) is 2.61. The summed E-state index contributed by atoms with van der Waals surface area (Å²) < 4.78 is 6.33. The van der Waals surface area contributed by atoms with Gasteiger partial charge < -0.3 is 9.64 Å². The first-order valence-corrected chi connectivity index (χ1v) is 8.14. The van der Waals surface area contributed by atoms with Crippen LogP contribution in [0.4, 0.5) is 5.69 Å². The number of benzene rings is 2. The molecule has 1 aliphatic rings. The molecule has 3 rings (SSSR count). The van der Waals surface area contributed by atoms with E-state index in [0.29, 0.717) is 16.3 Å². The molecule has 1 heterocycles. The molecule has 0 N–H and O–H groups in total. The van der Waals surface area contributed by atoms with Gasteiger partial charge in [-0.1, -0.05) is 27.5 Å². The summed E-state index contributed by atoms with van der Waals surface area (Å²) in [6, 6.07) is 11.2. The average molecular weight is 381 g/mol. The van der Waals surface area contributed by atoms with Crippen LogP contribution in [-0.2, 0) is 6.42 Å². The summed E-state index contributed by atoms with van der Waals surface area (Å²) in [5.74, 6) is 0.445. The van der Waals surface area contributed by atoms with Crippen LogP contribution in [0.15, 0.2) is 40.9 Å². The second-order valence-electron chi connectivity index (χ2n) is 5.35. The van der Waals surface area contributed by atoms with Gasteiger partial charge in [-0.15, -0.1) is 0 Å². The normalized spacial score (nSPS) is 16.5. The lowest BCUT2D eigenvalue weighted by Gasteiger charge is -2.23. The fourth-order valence-electron chi connectivity index (χ4n) is 2.89. The van der Waals surface area contributed by atoms with Crippen LogP contribution in [0.5, 0.6) is 5.75 Å². The molecule has 0 radical (unpaired) electrons. The summed E-state index contributed by atoms with van der Waals surface area (Å²) >= 11 is 9.53. The van der Waals surface area contributed by atoms with Crippen LogP contribution in [0, 0.1) is 0 Å². The van der Waals surface area contributed by atoms with E-state index in [9.17, 15) is 4.79 Å². The summed E-state index contributed by atoms with van der Waals surface area (Å²) in [4.78, 5) is 14.8. The topological polar surface area (TPSA) is 29.5 Å². The molecule has 0 unspecified atom stereocenters. The molecule has 0 saturated heterocycles. The molecule has 0 bridgehead atoms. The number of anilines is 1. The lowest BCUT2D eigenvalue weighted by Crippen LogP contribution is -2.35. The largest absolute Gasteiger partial charge is 0.496 e. The SMILES string of the molecule is COc1ccc(Cl)cc1C(=O)N1c2ccc(Br)cc2C[C@H]1C.